The van der Waals surface area contributed by atoms with Gasteiger partial charge in [-0.1, -0.05) is 55.8 Å². The minimum atomic E-state index is -0.956. The third-order valence-electron chi connectivity index (χ3n) is 8.10. The van der Waals surface area contributed by atoms with E-state index in [1.807, 2.05) is 54.7 Å². The Bertz CT molecular complexity index is 1330. The smallest absolute Gasteiger partial charge is 0.134 e. The molecule has 0 bridgehead atoms. The number of allylic oxidation sites excluding steroid dienone is 3. The number of rotatable bonds is 5. The molecular formula is C32H37ClN2O3. The van der Waals surface area contributed by atoms with E-state index in [0.29, 0.717) is 11.4 Å². The monoisotopic (exact) mass is 532 g/mol. The average molecular weight is 533 g/mol. The number of fused-ring (bicyclic) bond motifs is 2. The van der Waals surface area contributed by atoms with Crippen LogP contribution in [0.15, 0.2) is 84.4 Å². The Morgan fingerprint density at radius 1 is 1.16 bits per heavy atom. The normalized spacial score (nSPS) is 23.9. The molecule has 0 spiro atoms. The summed E-state index contributed by atoms with van der Waals surface area (Å²) in [5.74, 6) is 0.765. The van der Waals surface area contributed by atoms with Crippen LogP contribution in [-0.2, 0) is 11.2 Å². The number of aliphatic hydroxyl groups is 2. The van der Waals surface area contributed by atoms with Gasteiger partial charge in [-0.2, -0.15) is 0 Å². The zero-order valence-corrected chi connectivity index (χ0v) is 23.3. The largest absolute Gasteiger partial charge is 0.462 e. The summed E-state index contributed by atoms with van der Waals surface area (Å²) in [5, 5.41) is 26.4. The second-order valence-corrected chi connectivity index (χ2v) is 12.1. The lowest BCUT2D eigenvalue weighted by Gasteiger charge is -2.50. The zero-order valence-electron chi connectivity index (χ0n) is 22.6. The van der Waals surface area contributed by atoms with Gasteiger partial charge in [0.25, 0.3) is 0 Å². The SMILES string of the molecule is CC(C)(O)c1ccc2c(c1)C(=CCCN1CC[C@](O)(c3ccc(Cl)cc3)C(C)(C)C1)C1=CC=CNC1=CO2. The Kier molecular flexibility index (Phi) is 7.08. The molecular weight excluding hydrogens is 496 g/mol. The highest BCUT2D eigenvalue weighted by Crippen LogP contribution is 2.46. The van der Waals surface area contributed by atoms with Gasteiger partial charge in [0.05, 0.1) is 16.9 Å². The van der Waals surface area contributed by atoms with E-state index in [-0.39, 0.29) is 5.41 Å². The Morgan fingerprint density at radius 3 is 2.63 bits per heavy atom. The van der Waals surface area contributed by atoms with Gasteiger partial charge in [-0.25, -0.2) is 0 Å². The fourth-order valence-corrected chi connectivity index (χ4v) is 5.89. The third-order valence-corrected chi connectivity index (χ3v) is 8.35. The van der Waals surface area contributed by atoms with Gasteiger partial charge in [0, 0.05) is 47.4 Å². The first-order chi connectivity index (χ1) is 18.0. The number of ether oxygens (including phenoxy) is 1. The molecule has 200 valence electrons. The molecule has 1 fully saturated rings. The molecule has 1 atom stereocenters. The van der Waals surface area contributed by atoms with E-state index in [1.165, 1.54) is 0 Å². The molecule has 38 heavy (non-hydrogen) atoms. The number of nitrogens with zero attached hydrogens (tertiary/aromatic N) is 1. The van der Waals surface area contributed by atoms with Crippen molar-refractivity contribution in [2.24, 2.45) is 5.41 Å². The molecule has 2 aromatic rings. The summed E-state index contributed by atoms with van der Waals surface area (Å²) in [7, 11) is 0. The van der Waals surface area contributed by atoms with E-state index in [2.05, 4.69) is 36.2 Å². The summed E-state index contributed by atoms with van der Waals surface area (Å²) in [6.07, 6.45) is 11.5. The van der Waals surface area contributed by atoms with Crippen molar-refractivity contribution in [1.82, 2.24) is 10.2 Å². The van der Waals surface area contributed by atoms with Crippen molar-refractivity contribution in [3.8, 4) is 5.75 Å². The first kappa shape index (κ1) is 26.8. The predicted molar refractivity (Wildman–Crippen MR) is 154 cm³/mol. The first-order valence-electron chi connectivity index (χ1n) is 13.3. The fraction of sp³-hybridized carbons (Fsp3) is 0.375. The van der Waals surface area contributed by atoms with E-state index in [4.69, 9.17) is 16.3 Å². The van der Waals surface area contributed by atoms with Crippen LogP contribution in [0.2, 0.25) is 5.02 Å². The van der Waals surface area contributed by atoms with Crippen LogP contribution in [-0.4, -0.2) is 34.7 Å². The topological polar surface area (TPSA) is 65.0 Å². The molecule has 5 rings (SSSR count). The molecule has 0 saturated carbocycles. The number of halogens is 1. The van der Waals surface area contributed by atoms with Gasteiger partial charge >= 0.3 is 0 Å². The average Bonchev–Trinajstić information content (AvgIpc) is 3.02. The van der Waals surface area contributed by atoms with Crippen molar-refractivity contribution in [1.29, 1.82) is 0 Å². The summed E-state index contributed by atoms with van der Waals surface area (Å²) in [6.45, 7) is 10.4. The molecule has 0 aromatic heterocycles. The molecule has 6 heteroatoms. The lowest BCUT2D eigenvalue weighted by Crippen LogP contribution is -2.55. The molecule has 1 saturated heterocycles. The van der Waals surface area contributed by atoms with E-state index in [1.54, 1.807) is 20.1 Å². The molecule has 3 aliphatic rings. The quantitative estimate of drug-likeness (QED) is 0.425. The zero-order chi connectivity index (χ0) is 27.1. The molecule has 0 aliphatic carbocycles. The van der Waals surface area contributed by atoms with Gasteiger partial charge in [0.1, 0.15) is 12.0 Å². The maximum atomic E-state index is 11.7. The number of benzene rings is 2. The van der Waals surface area contributed by atoms with Crippen molar-refractivity contribution in [3.63, 3.8) is 0 Å². The summed E-state index contributed by atoms with van der Waals surface area (Å²) >= 11 is 6.10. The van der Waals surface area contributed by atoms with Crippen LogP contribution in [0.3, 0.4) is 0 Å². The minimum absolute atomic E-state index is 0.326. The van der Waals surface area contributed by atoms with Crippen molar-refractivity contribution < 1.29 is 14.9 Å². The number of likely N-dealkylation sites (tertiary alicyclic amines) is 1. The van der Waals surface area contributed by atoms with Crippen molar-refractivity contribution >= 4 is 17.2 Å². The molecule has 3 aliphatic heterocycles. The summed E-state index contributed by atoms with van der Waals surface area (Å²) in [6, 6.07) is 13.5. The second kappa shape index (κ2) is 10.0. The van der Waals surface area contributed by atoms with Gasteiger partial charge in [0.15, 0.2) is 0 Å². The van der Waals surface area contributed by atoms with Crippen LogP contribution >= 0.6 is 11.6 Å². The Morgan fingerprint density at radius 2 is 1.92 bits per heavy atom. The lowest BCUT2D eigenvalue weighted by atomic mass is 9.66. The van der Waals surface area contributed by atoms with Crippen molar-refractivity contribution in [2.45, 2.75) is 51.7 Å². The van der Waals surface area contributed by atoms with Crippen LogP contribution in [0.1, 0.15) is 57.2 Å². The molecule has 0 unspecified atom stereocenters. The lowest BCUT2D eigenvalue weighted by molar-refractivity contribution is -0.125. The van der Waals surface area contributed by atoms with Crippen LogP contribution in [0.5, 0.6) is 5.75 Å². The minimum Gasteiger partial charge on any atom is -0.462 e. The number of dihydropyridines is 1. The predicted octanol–water partition coefficient (Wildman–Crippen LogP) is 6.24. The Labute approximate surface area is 230 Å². The maximum absolute atomic E-state index is 11.7. The van der Waals surface area contributed by atoms with Crippen LogP contribution in [0.4, 0.5) is 0 Å². The van der Waals surface area contributed by atoms with Gasteiger partial charge in [-0.15, -0.1) is 0 Å². The molecule has 3 heterocycles. The van der Waals surface area contributed by atoms with Crippen LogP contribution < -0.4 is 10.1 Å². The molecule has 0 radical (unpaired) electrons. The summed E-state index contributed by atoms with van der Waals surface area (Å²) in [5.41, 5.74) is 3.61. The van der Waals surface area contributed by atoms with Gasteiger partial charge in [-0.05, 0) is 73.7 Å². The Hall–Kier alpha value is -2.83. The standard InChI is InChI=1S/C32H37ClN2O3/c1-30(2)21-35(18-15-32(30,37)22-9-12-24(33)13-10-22)17-6-8-25-26-7-5-16-34-28(26)20-38-29-14-11-23(19-27(25)29)31(3,4)36/h5,7-14,16,19-20,34,36-37H,6,15,17-18,21H2,1-4H3/t32-/m0/s1. The van der Waals surface area contributed by atoms with E-state index >= 15 is 0 Å². The van der Waals surface area contributed by atoms with Crippen LogP contribution in [0.25, 0.3) is 5.57 Å². The molecule has 0 amide bonds. The van der Waals surface area contributed by atoms with E-state index in [0.717, 1.165) is 65.3 Å². The van der Waals surface area contributed by atoms with Crippen molar-refractivity contribution in [3.05, 3.63) is 106 Å². The highest BCUT2D eigenvalue weighted by molar-refractivity contribution is 6.30. The highest BCUT2D eigenvalue weighted by Gasteiger charge is 2.48. The van der Waals surface area contributed by atoms with Gasteiger partial charge < -0.3 is 25.2 Å². The number of hydrogen-bond acceptors (Lipinski definition) is 5. The molecule has 2 aromatic carbocycles. The van der Waals surface area contributed by atoms with E-state index < -0.39 is 11.2 Å². The Balaban J connectivity index is 1.38. The van der Waals surface area contributed by atoms with Crippen molar-refractivity contribution in [2.75, 3.05) is 19.6 Å². The molecule has 3 N–H and O–H groups in total. The highest BCUT2D eigenvalue weighted by atomic mass is 35.5. The number of piperidine rings is 1. The maximum Gasteiger partial charge on any atom is 0.134 e. The summed E-state index contributed by atoms with van der Waals surface area (Å²) in [4.78, 5) is 2.44. The van der Waals surface area contributed by atoms with E-state index in [9.17, 15) is 10.2 Å². The van der Waals surface area contributed by atoms with Gasteiger partial charge in [-0.3, -0.25) is 0 Å². The molecule has 5 nitrogen and oxygen atoms in total. The second-order valence-electron chi connectivity index (χ2n) is 11.7. The van der Waals surface area contributed by atoms with Gasteiger partial charge in [0.2, 0.25) is 0 Å². The van der Waals surface area contributed by atoms with Crippen LogP contribution in [0, 0.1) is 5.41 Å². The summed E-state index contributed by atoms with van der Waals surface area (Å²) < 4.78 is 6.04. The first-order valence-corrected chi connectivity index (χ1v) is 13.6. The number of nitrogens with one attached hydrogen (secondary N) is 1. The number of hydrogen-bond donors (Lipinski definition) is 3. The third kappa shape index (κ3) is 5.08. The fourth-order valence-electron chi connectivity index (χ4n) is 5.76.